The minimum atomic E-state index is 0.324. The van der Waals surface area contributed by atoms with Gasteiger partial charge in [-0.3, -0.25) is 0 Å². The molecule has 0 bridgehead atoms. The van der Waals surface area contributed by atoms with Crippen LogP contribution in [0.1, 0.15) is 16.7 Å². The third-order valence-electron chi connectivity index (χ3n) is 1.41. The number of nitrogens with zero attached hydrogens (tertiary/aromatic N) is 2. The number of hydrogen-bond acceptors (Lipinski definition) is 2. The molecule has 0 unspecified atom stereocenters. The molecule has 0 spiro atoms. The van der Waals surface area contributed by atoms with Crippen LogP contribution < -0.4 is 0 Å². The standard InChI is InChI=1S/C9H5ClN2/c10-4-7-1-8(5-11)3-9(2-7)6-12/h1-3H,4H2. The highest BCUT2D eigenvalue weighted by molar-refractivity contribution is 6.17. The van der Waals surface area contributed by atoms with Crippen molar-refractivity contribution < 1.29 is 0 Å². The topological polar surface area (TPSA) is 47.6 Å². The lowest BCUT2D eigenvalue weighted by molar-refractivity contribution is 1.35. The summed E-state index contributed by atoms with van der Waals surface area (Å²) in [4.78, 5) is 0. The van der Waals surface area contributed by atoms with Crippen LogP contribution in [-0.2, 0) is 5.88 Å². The van der Waals surface area contributed by atoms with E-state index in [-0.39, 0.29) is 0 Å². The van der Waals surface area contributed by atoms with E-state index in [9.17, 15) is 0 Å². The second-order valence-corrected chi connectivity index (χ2v) is 2.54. The highest BCUT2D eigenvalue weighted by Crippen LogP contribution is 2.10. The van der Waals surface area contributed by atoms with Crippen molar-refractivity contribution in [1.29, 1.82) is 10.5 Å². The molecule has 1 rings (SSSR count). The minimum absolute atomic E-state index is 0.324. The van der Waals surface area contributed by atoms with Crippen LogP contribution in [0.5, 0.6) is 0 Å². The molecule has 0 fully saturated rings. The Labute approximate surface area is 75.6 Å². The number of alkyl halides is 1. The number of hydrogen-bond donors (Lipinski definition) is 0. The molecule has 0 aliphatic rings. The van der Waals surface area contributed by atoms with Crippen molar-refractivity contribution in [2.45, 2.75) is 5.88 Å². The van der Waals surface area contributed by atoms with Crippen LogP contribution in [0.15, 0.2) is 18.2 Å². The number of halogens is 1. The van der Waals surface area contributed by atoms with Crippen molar-refractivity contribution in [2.24, 2.45) is 0 Å². The lowest BCUT2D eigenvalue weighted by Crippen LogP contribution is -1.84. The molecule has 0 amide bonds. The Bertz CT molecular complexity index is 339. The normalized spacial score (nSPS) is 8.58. The van der Waals surface area contributed by atoms with Crippen LogP contribution in [0, 0.1) is 22.7 Å². The van der Waals surface area contributed by atoms with Gasteiger partial charge in [0, 0.05) is 5.88 Å². The van der Waals surface area contributed by atoms with Crippen molar-refractivity contribution in [1.82, 2.24) is 0 Å². The zero-order valence-corrected chi connectivity index (χ0v) is 6.97. The second kappa shape index (κ2) is 3.76. The average Bonchev–Trinajstić information content (AvgIpc) is 2.16. The first-order chi connectivity index (χ1) is 5.80. The van der Waals surface area contributed by atoms with Crippen LogP contribution in [0.3, 0.4) is 0 Å². The monoisotopic (exact) mass is 176 g/mol. The summed E-state index contributed by atoms with van der Waals surface area (Å²) in [5.41, 5.74) is 1.75. The predicted octanol–water partition coefficient (Wildman–Crippen LogP) is 2.17. The summed E-state index contributed by atoms with van der Waals surface area (Å²) in [5.74, 6) is 0.324. The van der Waals surface area contributed by atoms with Gasteiger partial charge in [0.05, 0.1) is 23.3 Å². The molecule has 3 heteroatoms. The molecule has 0 saturated heterocycles. The molecule has 0 N–H and O–H groups in total. The van der Waals surface area contributed by atoms with E-state index in [1.807, 2.05) is 12.1 Å². The molecular weight excluding hydrogens is 172 g/mol. The molecule has 0 heterocycles. The van der Waals surface area contributed by atoms with Crippen molar-refractivity contribution in [3.63, 3.8) is 0 Å². The summed E-state index contributed by atoms with van der Waals surface area (Å²) in [6.45, 7) is 0. The van der Waals surface area contributed by atoms with E-state index in [4.69, 9.17) is 22.1 Å². The van der Waals surface area contributed by atoms with E-state index < -0.39 is 0 Å². The Kier molecular flexibility index (Phi) is 2.69. The van der Waals surface area contributed by atoms with E-state index in [0.717, 1.165) is 5.56 Å². The average molecular weight is 177 g/mol. The van der Waals surface area contributed by atoms with Gasteiger partial charge >= 0.3 is 0 Å². The zero-order chi connectivity index (χ0) is 8.97. The van der Waals surface area contributed by atoms with Gasteiger partial charge in [-0.2, -0.15) is 10.5 Å². The highest BCUT2D eigenvalue weighted by atomic mass is 35.5. The Morgan fingerprint density at radius 3 is 1.92 bits per heavy atom. The Balaban J connectivity index is 3.24. The lowest BCUT2D eigenvalue weighted by atomic mass is 10.1. The van der Waals surface area contributed by atoms with Crippen LogP contribution in [0.25, 0.3) is 0 Å². The first-order valence-corrected chi connectivity index (χ1v) is 3.83. The van der Waals surface area contributed by atoms with E-state index >= 15 is 0 Å². The molecule has 0 saturated carbocycles. The third kappa shape index (κ3) is 1.75. The molecule has 2 nitrogen and oxygen atoms in total. The molecule has 12 heavy (non-hydrogen) atoms. The van der Waals surface area contributed by atoms with Gasteiger partial charge < -0.3 is 0 Å². The van der Waals surface area contributed by atoms with Crippen LogP contribution in [-0.4, -0.2) is 0 Å². The molecule has 1 aromatic carbocycles. The summed E-state index contributed by atoms with van der Waals surface area (Å²) in [6, 6.07) is 8.82. The van der Waals surface area contributed by atoms with Crippen molar-refractivity contribution in [3.8, 4) is 12.1 Å². The first-order valence-electron chi connectivity index (χ1n) is 3.30. The van der Waals surface area contributed by atoms with Gasteiger partial charge in [0.15, 0.2) is 0 Å². The summed E-state index contributed by atoms with van der Waals surface area (Å²) < 4.78 is 0. The smallest absolute Gasteiger partial charge is 0.0992 e. The van der Waals surface area contributed by atoms with Gasteiger partial charge in [0.1, 0.15) is 0 Å². The molecule has 1 aromatic rings. The van der Waals surface area contributed by atoms with E-state index in [1.54, 1.807) is 12.1 Å². The quantitative estimate of drug-likeness (QED) is 0.616. The molecule has 0 atom stereocenters. The fourth-order valence-electron chi connectivity index (χ4n) is 0.898. The van der Waals surface area contributed by atoms with Gasteiger partial charge in [-0.1, -0.05) is 0 Å². The maximum absolute atomic E-state index is 8.58. The summed E-state index contributed by atoms with van der Waals surface area (Å²) in [6.07, 6.45) is 0. The van der Waals surface area contributed by atoms with E-state index in [1.165, 1.54) is 6.07 Å². The van der Waals surface area contributed by atoms with Crippen molar-refractivity contribution in [2.75, 3.05) is 0 Å². The summed E-state index contributed by atoms with van der Waals surface area (Å²) in [7, 11) is 0. The van der Waals surface area contributed by atoms with Gasteiger partial charge in [-0.15, -0.1) is 11.6 Å². The Hall–Kier alpha value is -1.51. The van der Waals surface area contributed by atoms with Gasteiger partial charge in [-0.05, 0) is 23.8 Å². The predicted molar refractivity (Wildman–Crippen MR) is 45.4 cm³/mol. The van der Waals surface area contributed by atoms with Crippen molar-refractivity contribution in [3.05, 3.63) is 34.9 Å². The van der Waals surface area contributed by atoms with E-state index in [2.05, 4.69) is 0 Å². The number of rotatable bonds is 1. The Morgan fingerprint density at radius 2 is 1.58 bits per heavy atom. The SMILES string of the molecule is N#Cc1cc(C#N)cc(CCl)c1. The summed E-state index contributed by atoms with van der Waals surface area (Å²) >= 11 is 5.57. The van der Waals surface area contributed by atoms with E-state index in [0.29, 0.717) is 17.0 Å². The molecule has 58 valence electrons. The molecule has 0 radical (unpaired) electrons. The van der Waals surface area contributed by atoms with Gasteiger partial charge in [-0.25, -0.2) is 0 Å². The molecular formula is C9H5ClN2. The summed E-state index contributed by atoms with van der Waals surface area (Å²) in [5, 5.41) is 17.2. The van der Waals surface area contributed by atoms with Gasteiger partial charge in [0.2, 0.25) is 0 Å². The highest BCUT2D eigenvalue weighted by Gasteiger charge is 1.98. The molecule has 0 aliphatic carbocycles. The Morgan fingerprint density at radius 1 is 1.08 bits per heavy atom. The lowest BCUT2D eigenvalue weighted by Gasteiger charge is -1.96. The number of nitriles is 2. The third-order valence-corrected chi connectivity index (χ3v) is 1.71. The largest absolute Gasteiger partial charge is 0.192 e. The fraction of sp³-hybridized carbons (Fsp3) is 0.111. The maximum Gasteiger partial charge on any atom is 0.0992 e. The molecule has 0 aliphatic heterocycles. The van der Waals surface area contributed by atoms with Crippen molar-refractivity contribution >= 4 is 11.6 Å². The fourth-order valence-corrected chi connectivity index (χ4v) is 1.05. The minimum Gasteiger partial charge on any atom is -0.192 e. The number of benzene rings is 1. The second-order valence-electron chi connectivity index (χ2n) is 2.28. The maximum atomic E-state index is 8.58. The van der Waals surface area contributed by atoms with Crippen LogP contribution in [0.4, 0.5) is 0 Å². The van der Waals surface area contributed by atoms with Crippen LogP contribution in [0.2, 0.25) is 0 Å². The molecule has 0 aromatic heterocycles. The van der Waals surface area contributed by atoms with Crippen LogP contribution >= 0.6 is 11.6 Å². The van der Waals surface area contributed by atoms with Gasteiger partial charge in [0.25, 0.3) is 0 Å². The zero-order valence-electron chi connectivity index (χ0n) is 6.21. The first kappa shape index (κ1) is 8.59.